The topological polar surface area (TPSA) is 128 Å². The summed E-state index contributed by atoms with van der Waals surface area (Å²) in [4.78, 5) is 36.3. The quantitative estimate of drug-likeness (QED) is 0.373. The molecule has 0 saturated heterocycles. The molecule has 0 spiro atoms. The molecule has 0 fully saturated rings. The van der Waals surface area contributed by atoms with Crippen LogP contribution in [0.25, 0.3) is 28.0 Å². The molecule has 1 aromatic carbocycles. The van der Waals surface area contributed by atoms with Crippen LogP contribution in [0.5, 0.6) is 0 Å². The lowest BCUT2D eigenvalue weighted by molar-refractivity contribution is -0.115. The molecule has 0 aliphatic rings. The number of anilines is 1. The SMILES string of the molecule is Cc1cc(-c2cc(C(=O)NCC(=O)Nc3ccc(-n4cncn4)cc3)c3c(C)noc3n2)c(C)s1. The Balaban J connectivity index is 1.31. The van der Waals surface area contributed by atoms with Gasteiger partial charge in [-0.05, 0) is 57.2 Å². The molecule has 176 valence electrons. The van der Waals surface area contributed by atoms with E-state index in [9.17, 15) is 9.59 Å². The lowest BCUT2D eigenvalue weighted by atomic mass is 10.1. The Morgan fingerprint density at radius 2 is 1.91 bits per heavy atom. The predicted molar refractivity (Wildman–Crippen MR) is 132 cm³/mol. The summed E-state index contributed by atoms with van der Waals surface area (Å²) in [5.41, 5.74) is 4.16. The number of hydrogen-bond donors (Lipinski definition) is 2. The Morgan fingerprint density at radius 3 is 2.60 bits per heavy atom. The van der Waals surface area contributed by atoms with Gasteiger partial charge in [-0.1, -0.05) is 5.16 Å². The number of nitrogens with zero attached hydrogens (tertiary/aromatic N) is 5. The smallest absolute Gasteiger partial charge is 0.259 e. The first-order chi connectivity index (χ1) is 16.9. The molecule has 0 unspecified atom stereocenters. The minimum Gasteiger partial charge on any atom is -0.343 e. The van der Waals surface area contributed by atoms with Crippen LogP contribution in [-0.4, -0.2) is 43.3 Å². The van der Waals surface area contributed by atoms with E-state index in [1.54, 1.807) is 59.6 Å². The van der Waals surface area contributed by atoms with E-state index in [0.717, 1.165) is 21.0 Å². The van der Waals surface area contributed by atoms with Gasteiger partial charge in [0.05, 0.1) is 34.6 Å². The lowest BCUT2D eigenvalue weighted by Crippen LogP contribution is -2.33. The number of fused-ring (bicyclic) bond motifs is 1. The number of aromatic nitrogens is 5. The van der Waals surface area contributed by atoms with Gasteiger partial charge in [-0.3, -0.25) is 9.59 Å². The van der Waals surface area contributed by atoms with Crippen LogP contribution in [0.1, 0.15) is 25.8 Å². The molecule has 0 atom stereocenters. The average molecular weight is 488 g/mol. The van der Waals surface area contributed by atoms with Crippen LogP contribution < -0.4 is 10.6 Å². The van der Waals surface area contributed by atoms with Crippen molar-refractivity contribution in [2.24, 2.45) is 0 Å². The summed E-state index contributed by atoms with van der Waals surface area (Å²) in [6.45, 7) is 5.57. The van der Waals surface area contributed by atoms with E-state index in [4.69, 9.17) is 4.52 Å². The maximum Gasteiger partial charge on any atom is 0.259 e. The van der Waals surface area contributed by atoms with Crippen LogP contribution in [0.15, 0.2) is 53.6 Å². The third kappa shape index (κ3) is 4.53. The maximum atomic E-state index is 13.1. The lowest BCUT2D eigenvalue weighted by Gasteiger charge is -2.09. The first-order valence-electron chi connectivity index (χ1n) is 10.8. The van der Waals surface area contributed by atoms with Crippen molar-refractivity contribution in [2.75, 3.05) is 11.9 Å². The second-order valence-corrected chi connectivity index (χ2v) is 9.41. The number of thiophene rings is 1. The van der Waals surface area contributed by atoms with Gasteiger partial charge in [0.1, 0.15) is 12.7 Å². The second-order valence-electron chi connectivity index (χ2n) is 7.95. The molecule has 0 radical (unpaired) electrons. The Morgan fingerprint density at radius 1 is 1.11 bits per heavy atom. The summed E-state index contributed by atoms with van der Waals surface area (Å²) in [7, 11) is 0. The zero-order valence-corrected chi connectivity index (χ0v) is 20.0. The second kappa shape index (κ2) is 9.11. The summed E-state index contributed by atoms with van der Waals surface area (Å²) < 4.78 is 6.97. The molecule has 10 nitrogen and oxygen atoms in total. The number of amides is 2. The van der Waals surface area contributed by atoms with Crippen molar-refractivity contribution in [3.8, 4) is 16.9 Å². The fourth-order valence-electron chi connectivity index (χ4n) is 3.80. The van der Waals surface area contributed by atoms with Crippen LogP contribution in [-0.2, 0) is 4.79 Å². The summed E-state index contributed by atoms with van der Waals surface area (Å²) in [5.74, 6) is -0.769. The Hall–Kier alpha value is -4.38. The molecule has 5 rings (SSSR count). The van der Waals surface area contributed by atoms with Crippen molar-refractivity contribution in [1.29, 1.82) is 0 Å². The zero-order valence-electron chi connectivity index (χ0n) is 19.2. The molecule has 0 aliphatic carbocycles. The molecular weight excluding hydrogens is 466 g/mol. The van der Waals surface area contributed by atoms with Crippen molar-refractivity contribution in [3.05, 3.63) is 70.1 Å². The largest absolute Gasteiger partial charge is 0.343 e. The van der Waals surface area contributed by atoms with Crippen LogP contribution in [0.3, 0.4) is 0 Å². The molecular formula is C24H21N7O3S. The third-order valence-corrected chi connectivity index (χ3v) is 6.39. The van der Waals surface area contributed by atoms with E-state index in [0.29, 0.717) is 28.0 Å². The van der Waals surface area contributed by atoms with Crippen molar-refractivity contribution >= 4 is 39.9 Å². The van der Waals surface area contributed by atoms with E-state index in [-0.39, 0.29) is 18.2 Å². The first kappa shape index (κ1) is 22.4. The van der Waals surface area contributed by atoms with E-state index < -0.39 is 5.91 Å². The summed E-state index contributed by atoms with van der Waals surface area (Å²) in [5, 5.41) is 14.0. The van der Waals surface area contributed by atoms with E-state index >= 15 is 0 Å². The number of rotatable bonds is 6. The van der Waals surface area contributed by atoms with Gasteiger partial charge in [-0.25, -0.2) is 14.6 Å². The summed E-state index contributed by atoms with van der Waals surface area (Å²) in [6, 6.07) is 10.9. The Bertz CT molecular complexity index is 1540. The normalized spacial score (nSPS) is 11.1. The van der Waals surface area contributed by atoms with Gasteiger partial charge < -0.3 is 15.2 Å². The number of carbonyl (C=O) groups excluding carboxylic acids is 2. The molecule has 11 heteroatoms. The third-order valence-electron chi connectivity index (χ3n) is 5.42. The highest BCUT2D eigenvalue weighted by molar-refractivity contribution is 7.12. The first-order valence-corrected chi connectivity index (χ1v) is 11.6. The highest BCUT2D eigenvalue weighted by Crippen LogP contribution is 2.32. The van der Waals surface area contributed by atoms with Gasteiger partial charge in [0.15, 0.2) is 0 Å². The van der Waals surface area contributed by atoms with Gasteiger partial charge in [0.25, 0.3) is 11.6 Å². The predicted octanol–water partition coefficient (Wildman–Crippen LogP) is 3.83. The number of carbonyl (C=O) groups is 2. The summed E-state index contributed by atoms with van der Waals surface area (Å²) >= 11 is 1.66. The highest BCUT2D eigenvalue weighted by Gasteiger charge is 2.21. The number of benzene rings is 1. The number of pyridine rings is 1. The zero-order chi connectivity index (χ0) is 24.5. The van der Waals surface area contributed by atoms with Crippen molar-refractivity contribution in [2.45, 2.75) is 20.8 Å². The standard InChI is InChI=1S/C24H21N7O3S/c1-13-8-18(15(3)35-13)20-9-19(22-14(2)30-34-24(22)29-20)23(33)26-10-21(32)28-16-4-6-17(7-5-16)31-12-25-11-27-31/h4-9,11-12H,10H2,1-3H3,(H,26,33)(H,28,32). The molecule has 2 N–H and O–H groups in total. The van der Waals surface area contributed by atoms with Crippen LogP contribution in [0, 0.1) is 20.8 Å². The van der Waals surface area contributed by atoms with Crippen LogP contribution >= 0.6 is 11.3 Å². The van der Waals surface area contributed by atoms with E-state index in [1.807, 2.05) is 19.9 Å². The molecule has 5 aromatic rings. The number of hydrogen-bond acceptors (Lipinski definition) is 8. The Labute approximate surface area is 204 Å². The van der Waals surface area contributed by atoms with E-state index in [1.165, 1.54) is 6.33 Å². The van der Waals surface area contributed by atoms with Crippen molar-refractivity contribution in [3.63, 3.8) is 0 Å². The number of aryl methyl sites for hydroxylation is 3. The van der Waals surface area contributed by atoms with Crippen molar-refractivity contribution < 1.29 is 14.1 Å². The molecule has 4 heterocycles. The molecule has 0 bridgehead atoms. The monoisotopic (exact) mass is 487 g/mol. The summed E-state index contributed by atoms with van der Waals surface area (Å²) in [6.07, 6.45) is 3.03. The average Bonchev–Trinajstić information content (AvgIpc) is 3.58. The number of nitrogens with one attached hydrogen (secondary N) is 2. The van der Waals surface area contributed by atoms with Gasteiger partial charge in [0.2, 0.25) is 5.91 Å². The fourth-order valence-corrected chi connectivity index (χ4v) is 4.73. The molecule has 35 heavy (non-hydrogen) atoms. The molecule has 0 saturated carbocycles. The molecule has 0 aliphatic heterocycles. The Kier molecular flexibility index (Phi) is 5.83. The molecule has 4 aromatic heterocycles. The van der Waals surface area contributed by atoms with Gasteiger partial charge in [-0.2, -0.15) is 5.10 Å². The van der Waals surface area contributed by atoms with Gasteiger partial charge in [0, 0.05) is 21.0 Å². The highest BCUT2D eigenvalue weighted by atomic mass is 32.1. The van der Waals surface area contributed by atoms with Crippen molar-refractivity contribution in [1.82, 2.24) is 30.2 Å². The van der Waals surface area contributed by atoms with Gasteiger partial charge in [-0.15, -0.1) is 11.3 Å². The molecule has 2 amide bonds. The minimum absolute atomic E-state index is 0.205. The minimum atomic E-state index is -0.411. The van der Waals surface area contributed by atoms with Gasteiger partial charge >= 0.3 is 0 Å². The van der Waals surface area contributed by atoms with Crippen LogP contribution in [0.4, 0.5) is 5.69 Å². The fraction of sp³-hybridized carbons (Fsp3) is 0.167. The maximum absolute atomic E-state index is 13.1. The van der Waals surface area contributed by atoms with Crippen LogP contribution in [0.2, 0.25) is 0 Å². The van der Waals surface area contributed by atoms with E-state index in [2.05, 4.69) is 30.9 Å².